The van der Waals surface area contributed by atoms with Crippen molar-refractivity contribution in [2.24, 2.45) is 0 Å². The van der Waals surface area contributed by atoms with Crippen LogP contribution in [0.3, 0.4) is 0 Å². The van der Waals surface area contributed by atoms with Crippen LogP contribution in [0.4, 0.5) is 4.39 Å². The molecule has 0 saturated carbocycles. The SMILES string of the molecule is Fc1c(Cl)cccc1Oc1cccc(Cl)c1CCl. The summed E-state index contributed by atoms with van der Waals surface area (Å²) < 4.78 is 19.2. The largest absolute Gasteiger partial charge is 0.454 e. The smallest absolute Gasteiger partial charge is 0.184 e. The monoisotopic (exact) mass is 304 g/mol. The molecule has 2 aromatic rings. The van der Waals surface area contributed by atoms with Crippen LogP contribution in [0.15, 0.2) is 36.4 Å². The van der Waals surface area contributed by atoms with E-state index in [2.05, 4.69) is 0 Å². The summed E-state index contributed by atoms with van der Waals surface area (Å²) in [6.45, 7) is 0. The Morgan fingerprint density at radius 2 is 1.56 bits per heavy atom. The zero-order valence-corrected chi connectivity index (χ0v) is 11.4. The molecular formula is C13H8Cl3FO. The average Bonchev–Trinajstić information content (AvgIpc) is 2.35. The van der Waals surface area contributed by atoms with Crippen molar-refractivity contribution < 1.29 is 9.13 Å². The van der Waals surface area contributed by atoms with Gasteiger partial charge in [0, 0.05) is 10.6 Å². The standard InChI is InChI=1S/C13H8Cl3FO/c14-7-8-9(15)3-1-5-11(8)18-12-6-2-4-10(16)13(12)17/h1-6H,7H2. The van der Waals surface area contributed by atoms with E-state index in [1.54, 1.807) is 24.3 Å². The van der Waals surface area contributed by atoms with Gasteiger partial charge in [0.05, 0.1) is 10.9 Å². The molecule has 5 heteroatoms. The Labute approximate surface area is 119 Å². The molecule has 0 amide bonds. The Hall–Kier alpha value is -0.960. The molecule has 0 unspecified atom stereocenters. The molecule has 0 aromatic heterocycles. The van der Waals surface area contributed by atoms with Crippen molar-refractivity contribution in [2.45, 2.75) is 5.88 Å². The minimum Gasteiger partial charge on any atom is -0.454 e. The highest BCUT2D eigenvalue weighted by Gasteiger charge is 2.12. The van der Waals surface area contributed by atoms with Crippen molar-refractivity contribution in [1.29, 1.82) is 0 Å². The van der Waals surface area contributed by atoms with Crippen molar-refractivity contribution in [3.8, 4) is 11.5 Å². The van der Waals surface area contributed by atoms with Gasteiger partial charge in [-0.1, -0.05) is 35.3 Å². The van der Waals surface area contributed by atoms with Gasteiger partial charge in [-0.3, -0.25) is 0 Å². The topological polar surface area (TPSA) is 9.23 Å². The third kappa shape index (κ3) is 2.72. The van der Waals surface area contributed by atoms with E-state index in [9.17, 15) is 4.39 Å². The minimum absolute atomic E-state index is 0.00181. The Bertz CT molecular complexity index is 572. The molecule has 0 bridgehead atoms. The Morgan fingerprint density at radius 3 is 2.22 bits per heavy atom. The molecule has 0 atom stereocenters. The summed E-state index contributed by atoms with van der Waals surface area (Å²) in [4.78, 5) is 0. The second kappa shape index (κ2) is 5.79. The van der Waals surface area contributed by atoms with Crippen LogP contribution < -0.4 is 4.74 Å². The highest BCUT2D eigenvalue weighted by molar-refractivity contribution is 6.32. The van der Waals surface area contributed by atoms with Crippen LogP contribution >= 0.6 is 34.8 Å². The van der Waals surface area contributed by atoms with Crippen molar-refractivity contribution >= 4 is 34.8 Å². The molecular weight excluding hydrogens is 297 g/mol. The maximum Gasteiger partial charge on any atom is 0.184 e. The fourth-order valence-corrected chi connectivity index (χ4v) is 2.19. The van der Waals surface area contributed by atoms with E-state index in [0.717, 1.165) is 0 Å². The van der Waals surface area contributed by atoms with Gasteiger partial charge >= 0.3 is 0 Å². The van der Waals surface area contributed by atoms with E-state index >= 15 is 0 Å². The number of benzene rings is 2. The van der Waals surface area contributed by atoms with Gasteiger partial charge in [0.15, 0.2) is 11.6 Å². The maximum atomic E-state index is 13.7. The normalized spacial score (nSPS) is 10.4. The second-order valence-electron chi connectivity index (χ2n) is 3.50. The van der Waals surface area contributed by atoms with Crippen molar-refractivity contribution in [3.05, 3.63) is 57.8 Å². The summed E-state index contributed by atoms with van der Waals surface area (Å²) in [5, 5.41) is 0.479. The van der Waals surface area contributed by atoms with Gasteiger partial charge in [0.25, 0.3) is 0 Å². The summed E-state index contributed by atoms with van der Waals surface area (Å²) in [5.74, 6) is 0.0199. The van der Waals surface area contributed by atoms with Crippen molar-refractivity contribution in [2.75, 3.05) is 0 Å². The van der Waals surface area contributed by atoms with Gasteiger partial charge in [-0.2, -0.15) is 0 Å². The zero-order chi connectivity index (χ0) is 13.1. The van der Waals surface area contributed by atoms with E-state index in [-0.39, 0.29) is 16.7 Å². The van der Waals surface area contributed by atoms with Crippen LogP contribution in [0.5, 0.6) is 11.5 Å². The van der Waals surface area contributed by atoms with Crippen LogP contribution in [0.25, 0.3) is 0 Å². The van der Waals surface area contributed by atoms with Gasteiger partial charge in [-0.05, 0) is 24.3 Å². The van der Waals surface area contributed by atoms with E-state index in [1.807, 2.05) is 0 Å². The van der Waals surface area contributed by atoms with Gasteiger partial charge in [0.1, 0.15) is 5.75 Å². The summed E-state index contributed by atoms with van der Waals surface area (Å²) in [6, 6.07) is 9.61. The fraction of sp³-hybridized carbons (Fsp3) is 0.0769. The third-order valence-electron chi connectivity index (χ3n) is 2.35. The van der Waals surface area contributed by atoms with E-state index in [4.69, 9.17) is 39.5 Å². The van der Waals surface area contributed by atoms with Crippen LogP contribution in [0.1, 0.15) is 5.56 Å². The highest BCUT2D eigenvalue weighted by Crippen LogP contribution is 2.34. The first-order chi connectivity index (χ1) is 8.63. The lowest BCUT2D eigenvalue weighted by Crippen LogP contribution is -1.93. The molecule has 0 heterocycles. The van der Waals surface area contributed by atoms with Crippen LogP contribution in [0.2, 0.25) is 10.0 Å². The van der Waals surface area contributed by atoms with Gasteiger partial charge < -0.3 is 4.74 Å². The fourth-order valence-electron chi connectivity index (χ4n) is 1.45. The molecule has 0 spiro atoms. The summed E-state index contributed by atoms with van der Waals surface area (Å²) in [7, 11) is 0. The predicted molar refractivity (Wildman–Crippen MR) is 72.5 cm³/mol. The molecule has 0 N–H and O–H groups in total. The summed E-state index contributed by atoms with van der Waals surface area (Å²) in [6.07, 6.45) is 0. The first-order valence-corrected chi connectivity index (χ1v) is 6.37. The highest BCUT2D eigenvalue weighted by atomic mass is 35.5. The molecule has 0 aliphatic rings. The first kappa shape index (κ1) is 13.5. The Kier molecular flexibility index (Phi) is 4.33. The van der Waals surface area contributed by atoms with E-state index < -0.39 is 5.82 Å². The quantitative estimate of drug-likeness (QED) is 0.664. The third-order valence-corrected chi connectivity index (χ3v) is 3.26. The van der Waals surface area contributed by atoms with E-state index in [1.165, 1.54) is 12.1 Å². The number of alkyl halides is 1. The Balaban J connectivity index is 2.40. The van der Waals surface area contributed by atoms with Gasteiger partial charge in [0.2, 0.25) is 0 Å². The van der Waals surface area contributed by atoms with Crippen LogP contribution in [-0.4, -0.2) is 0 Å². The second-order valence-corrected chi connectivity index (χ2v) is 4.59. The molecule has 0 aliphatic carbocycles. The molecule has 0 fully saturated rings. The van der Waals surface area contributed by atoms with Gasteiger partial charge in [-0.25, -0.2) is 4.39 Å². The molecule has 0 radical (unpaired) electrons. The number of rotatable bonds is 3. The van der Waals surface area contributed by atoms with Crippen LogP contribution in [-0.2, 0) is 5.88 Å². The van der Waals surface area contributed by atoms with Crippen molar-refractivity contribution in [3.63, 3.8) is 0 Å². The molecule has 1 nitrogen and oxygen atoms in total. The Morgan fingerprint density at radius 1 is 0.944 bits per heavy atom. The van der Waals surface area contributed by atoms with Gasteiger partial charge in [-0.15, -0.1) is 11.6 Å². The lowest BCUT2D eigenvalue weighted by molar-refractivity contribution is 0.439. The molecule has 94 valence electrons. The van der Waals surface area contributed by atoms with E-state index in [0.29, 0.717) is 16.3 Å². The maximum absolute atomic E-state index is 13.7. The molecule has 0 saturated heterocycles. The number of hydrogen-bond acceptors (Lipinski definition) is 1. The predicted octanol–water partition coefficient (Wildman–Crippen LogP) is 5.66. The van der Waals surface area contributed by atoms with Crippen molar-refractivity contribution in [1.82, 2.24) is 0 Å². The lowest BCUT2D eigenvalue weighted by atomic mass is 10.2. The molecule has 2 aromatic carbocycles. The zero-order valence-electron chi connectivity index (χ0n) is 9.09. The molecule has 18 heavy (non-hydrogen) atoms. The number of ether oxygens (including phenoxy) is 1. The summed E-state index contributed by atoms with van der Waals surface area (Å²) in [5.41, 5.74) is 0.611. The average molecular weight is 306 g/mol. The number of halogens is 4. The summed E-state index contributed by atoms with van der Waals surface area (Å²) >= 11 is 17.5. The molecule has 0 aliphatic heterocycles. The molecule has 2 rings (SSSR count). The minimum atomic E-state index is -0.611. The first-order valence-electron chi connectivity index (χ1n) is 5.08. The lowest BCUT2D eigenvalue weighted by Gasteiger charge is -2.11. The van der Waals surface area contributed by atoms with Crippen LogP contribution in [0, 0.1) is 5.82 Å². The number of hydrogen-bond donors (Lipinski definition) is 0.